The van der Waals surface area contributed by atoms with Gasteiger partial charge in [-0.2, -0.15) is 0 Å². The Hall–Kier alpha value is -2.27. The van der Waals surface area contributed by atoms with Crippen molar-refractivity contribution in [2.45, 2.75) is 59.4 Å². The van der Waals surface area contributed by atoms with Crippen molar-refractivity contribution >= 4 is 5.91 Å². The normalized spacial score (nSPS) is 11.0. The van der Waals surface area contributed by atoms with E-state index in [1.807, 2.05) is 38.1 Å². The highest BCUT2D eigenvalue weighted by Crippen LogP contribution is 2.38. The number of hydrogen-bond donors (Lipinski definition) is 1. The van der Waals surface area contributed by atoms with Crippen LogP contribution in [-0.2, 0) is 17.7 Å². The van der Waals surface area contributed by atoms with Crippen molar-refractivity contribution in [2.24, 2.45) is 5.73 Å². The molecule has 0 atom stereocenters. The number of hydrogen-bond acceptors (Lipinski definition) is 3. The van der Waals surface area contributed by atoms with E-state index >= 15 is 0 Å². The molecule has 0 aliphatic carbocycles. The Labute approximate surface area is 168 Å². The Morgan fingerprint density at radius 1 is 1.14 bits per heavy atom. The molecule has 0 saturated carbocycles. The molecule has 0 aliphatic rings. The van der Waals surface area contributed by atoms with E-state index in [-0.39, 0.29) is 0 Å². The van der Waals surface area contributed by atoms with Crippen molar-refractivity contribution in [3.05, 3.63) is 41.2 Å². The van der Waals surface area contributed by atoms with E-state index in [2.05, 4.69) is 11.5 Å². The molecule has 2 rings (SSSR count). The number of nitrogens with zero attached hydrogens (tertiary/aromatic N) is 1. The molecular weight excluding hydrogens is 352 g/mol. The number of aromatic nitrogens is 1. The Kier molecular flexibility index (Phi) is 8.58. The van der Waals surface area contributed by atoms with Gasteiger partial charge in [0, 0.05) is 42.3 Å². The molecule has 1 aromatic heterocycles. The van der Waals surface area contributed by atoms with Gasteiger partial charge in [0.05, 0.1) is 12.7 Å². The molecule has 1 heterocycles. The first-order valence-corrected chi connectivity index (χ1v) is 10.3. The molecule has 1 aromatic carbocycles. The molecule has 0 spiro atoms. The van der Waals surface area contributed by atoms with E-state index in [0.717, 1.165) is 61.2 Å². The number of rotatable bonds is 12. The largest absolute Gasteiger partial charge is 0.496 e. The summed E-state index contributed by atoms with van der Waals surface area (Å²) in [5.41, 5.74) is 10.4. The lowest BCUT2D eigenvalue weighted by atomic mass is 9.96. The van der Waals surface area contributed by atoms with Crippen LogP contribution in [0.1, 0.15) is 61.3 Å². The van der Waals surface area contributed by atoms with Gasteiger partial charge in [-0.1, -0.05) is 38.0 Å². The number of methoxy groups -OCH3 is 1. The van der Waals surface area contributed by atoms with Gasteiger partial charge in [0.15, 0.2) is 0 Å². The van der Waals surface area contributed by atoms with Gasteiger partial charge < -0.3 is 19.8 Å². The second kappa shape index (κ2) is 10.9. The summed E-state index contributed by atoms with van der Waals surface area (Å²) in [5, 5.41) is 0. The SMILES string of the molecule is CCCCCc1c(-c2ccccc2OC)c(C(N)=O)c(C)n1CCCOCC. The van der Waals surface area contributed by atoms with Crippen molar-refractivity contribution in [3.8, 4) is 16.9 Å². The lowest BCUT2D eigenvalue weighted by molar-refractivity contribution is 0.1000. The van der Waals surface area contributed by atoms with Crippen LogP contribution in [0.15, 0.2) is 24.3 Å². The van der Waals surface area contributed by atoms with E-state index < -0.39 is 5.91 Å². The summed E-state index contributed by atoms with van der Waals surface area (Å²) in [4.78, 5) is 12.4. The summed E-state index contributed by atoms with van der Waals surface area (Å²) in [5.74, 6) is 0.368. The number of amides is 1. The van der Waals surface area contributed by atoms with Crippen molar-refractivity contribution in [2.75, 3.05) is 20.3 Å². The average Bonchev–Trinajstić information content (AvgIpc) is 2.97. The number of unbranched alkanes of at least 4 members (excludes halogenated alkanes) is 2. The van der Waals surface area contributed by atoms with E-state index in [1.165, 1.54) is 5.69 Å². The number of carbonyl (C=O) groups excluding carboxylic acids is 1. The molecule has 2 N–H and O–H groups in total. The Balaban J connectivity index is 2.60. The molecule has 5 nitrogen and oxygen atoms in total. The maximum absolute atomic E-state index is 12.4. The predicted molar refractivity (Wildman–Crippen MR) is 114 cm³/mol. The molecule has 5 heteroatoms. The zero-order valence-corrected chi connectivity index (χ0v) is 17.7. The number of carbonyl (C=O) groups is 1. The second-order valence-electron chi connectivity index (χ2n) is 7.01. The average molecular weight is 387 g/mol. The second-order valence-corrected chi connectivity index (χ2v) is 7.01. The van der Waals surface area contributed by atoms with Crippen molar-refractivity contribution in [1.82, 2.24) is 4.57 Å². The molecule has 0 aliphatic heterocycles. The highest BCUT2D eigenvalue weighted by atomic mass is 16.5. The topological polar surface area (TPSA) is 66.5 Å². The van der Waals surface area contributed by atoms with Gasteiger partial charge in [0.1, 0.15) is 5.75 Å². The van der Waals surface area contributed by atoms with E-state index in [4.69, 9.17) is 15.2 Å². The van der Waals surface area contributed by atoms with Crippen LogP contribution < -0.4 is 10.5 Å². The van der Waals surface area contributed by atoms with Crippen LogP contribution in [-0.4, -0.2) is 30.8 Å². The fourth-order valence-corrected chi connectivity index (χ4v) is 3.81. The summed E-state index contributed by atoms with van der Waals surface area (Å²) < 4.78 is 13.4. The van der Waals surface area contributed by atoms with Gasteiger partial charge in [0.25, 0.3) is 5.91 Å². The lowest BCUT2D eigenvalue weighted by Crippen LogP contribution is -2.14. The van der Waals surface area contributed by atoms with Gasteiger partial charge in [-0.15, -0.1) is 0 Å². The minimum Gasteiger partial charge on any atom is -0.496 e. The van der Waals surface area contributed by atoms with Crippen LogP contribution in [0.4, 0.5) is 0 Å². The molecule has 0 fully saturated rings. The number of primary amides is 1. The zero-order chi connectivity index (χ0) is 20.5. The predicted octanol–water partition coefficient (Wildman–Crippen LogP) is 4.73. The molecule has 0 saturated heterocycles. The van der Waals surface area contributed by atoms with Crippen LogP contribution >= 0.6 is 0 Å². The Morgan fingerprint density at radius 3 is 2.54 bits per heavy atom. The quantitative estimate of drug-likeness (QED) is 0.536. The molecule has 0 radical (unpaired) electrons. The first-order valence-electron chi connectivity index (χ1n) is 10.3. The van der Waals surface area contributed by atoms with E-state index in [0.29, 0.717) is 18.8 Å². The summed E-state index contributed by atoms with van der Waals surface area (Å²) >= 11 is 0. The maximum atomic E-state index is 12.4. The third-order valence-electron chi connectivity index (χ3n) is 5.15. The zero-order valence-electron chi connectivity index (χ0n) is 17.7. The van der Waals surface area contributed by atoms with Crippen molar-refractivity contribution in [1.29, 1.82) is 0 Å². The molecule has 0 unspecified atom stereocenters. The molecule has 1 amide bonds. The summed E-state index contributed by atoms with van der Waals surface area (Å²) in [7, 11) is 1.66. The molecule has 2 aromatic rings. The van der Waals surface area contributed by atoms with Crippen molar-refractivity contribution < 1.29 is 14.3 Å². The number of para-hydroxylation sites is 1. The van der Waals surface area contributed by atoms with Crippen LogP contribution in [0.2, 0.25) is 0 Å². The smallest absolute Gasteiger partial charge is 0.251 e. The summed E-state index contributed by atoms with van der Waals surface area (Å²) in [6.45, 7) is 8.42. The third-order valence-corrected chi connectivity index (χ3v) is 5.15. The minimum absolute atomic E-state index is 0.390. The third kappa shape index (κ3) is 4.96. The Bertz CT molecular complexity index is 780. The first-order chi connectivity index (χ1) is 13.6. The van der Waals surface area contributed by atoms with Crippen molar-refractivity contribution in [3.63, 3.8) is 0 Å². The van der Waals surface area contributed by atoms with Gasteiger partial charge in [-0.25, -0.2) is 0 Å². The van der Waals surface area contributed by atoms with E-state index in [9.17, 15) is 4.79 Å². The van der Waals surface area contributed by atoms with Gasteiger partial charge in [-0.05, 0) is 39.2 Å². The van der Waals surface area contributed by atoms with E-state index in [1.54, 1.807) is 7.11 Å². The minimum atomic E-state index is -0.390. The van der Waals surface area contributed by atoms with Crippen LogP contribution in [0, 0.1) is 6.92 Å². The molecule has 0 bridgehead atoms. The fourth-order valence-electron chi connectivity index (χ4n) is 3.81. The molecular formula is C23H34N2O3. The number of ether oxygens (including phenoxy) is 2. The Morgan fingerprint density at radius 2 is 1.89 bits per heavy atom. The maximum Gasteiger partial charge on any atom is 0.251 e. The first kappa shape index (κ1) is 22.0. The van der Waals surface area contributed by atoms with Gasteiger partial charge in [-0.3, -0.25) is 4.79 Å². The fraction of sp³-hybridized carbons (Fsp3) is 0.522. The molecule has 154 valence electrons. The highest BCUT2D eigenvalue weighted by Gasteiger charge is 2.26. The van der Waals surface area contributed by atoms with Crippen LogP contribution in [0.5, 0.6) is 5.75 Å². The summed E-state index contributed by atoms with van der Waals surface area (Å²) in [6.07, 6.45) is 5.18. The molecule has 28 heavy (non-hydrogen) atoms. The number of benzene rings is 1. The summed E-state index contributed by atoms with van der Waals surface area (Å²) in [6, 6.07) is 7.85. The van der Waals surface area contributed by atoms with Gasteiger partial charge >= 0.3 is 0 Å². The van der Waals surface area contributed by atoms with Crippen LogP contribution in [0.3, 0.4) is 0 Å². The van der Waals surface area contributed by atoms with Crippen LogP contribution in [0.25, 0.3) is 11.1 Å². The standard InChI is InChI=1S/C23H34N2O3/c1-5-7-8-13-19-22(18-12-9-10-14-20(18)27-4)21(23(24)26)17(3)25(19)15-11-16-28-6-2/h9-10,12,14H,5-8,11,13,15-16H2,1-4H3,(H2,24,26). The lowest BCUT2D eigenvalue weighted by Gasteiger charge is -2.15. The monoisotopic (exact) mass is 386 g/mol. The van der Waals surface area contributed by atoms with Gasteiger partial charge in [0.2, 0.25) is 0 Å². The highest BCUT2D eigenvalue weighted by molar-refractivity contribution is 6.03. The number of nitrogens with two attached hydrogens (primary N) is 1.